The second kappa shape index (κ2) is 62.6. The van der Waals surface area contributed by atoms with Crippen molar-refractivity contribution in [2.24, 2.45) is 0 Å². The Hall–Kier alpha value is -3.41. The lowest BCUT2D eigenvalue weighted by atomic mass is 9.99. The molecule has 1 rings (SSSR count). The van der Waals surface area contributed by atoms with Crippen LogP contribution in [-0.4, -0.2) is 87.5 Å². The average Bonchev–Trinajstić information content (AvgIpc) is 3.70. The minimum Gasteiger partial charge on any atom is -0.394 e. The summed E-state index contributed by atoms with van der Waals surface area (Å²) in [6.45, 7) is 3.68. The monoisotopic (exact) mass is 1170 g/mol. The molecule has 1 aliphatic heterocycles. The second-order valence-corrected chi connectivity index (χ2v) is 23.6. The first-order valence-electron chi connectivity index (χ1n) is 34.8. The normalized spacial score (nSPS) is 19.0. The predicted molar refractivity (Wildman–Crippen MR) is 359 cm³/mol. The molecular weight excluding hydrogens is 1040 g/mol. The maximum atomic E-state index is 13.1. The molecule has 6 N–H and O–H groups in total. The van der Waals surface area contributed by atoms with Crippen molar-refractivity contribution < 1.29 is 39.8 Å². The number of unbranched alkanes of at least 4 members (excludes halogenated alkanes) is 31. The van der Waals surface area contributed by atoms with E-state index in [1.807, 2.05) is 6.08 Å². The van der Waals surface area contributed by atoms with E-state index >= 15 is 0 Å². The number of carbonyl (C=O) groups is 1. The molecule has 0 bridgehead atoms. The van der Waals surface area contributed by atoms with E-state index in [-0.39, 0.29) is 12.5 Å². The molecule has 7 atom stereocenters. The Labute approximate surface area is 516 Å². The number of nitrogens with one attached hydrogen (secondary N) is 1. The third kappa shape index (κ3) is 50.7. The fraction of sp³-hybridized carbons (Fsp3) is 0.720. The van der Waals surface area contributed by atoms with Crippen LogP contribution in [-0.2, 0) is 14.3 Å². The third-order valence-electron chi connectivity index (χ3n) is 15.8. The van der Waals surface area contributed by atoms with Crippen LogP contribution in [0.4, 0.5) is 0 Å². The van der Waals surface area contributed by atoms with Crippen LogP contribution in [0, 0.1) is 0 Å². The van der Waals surface area contributed by atoms with Crippen molar-refractivity contribution in [2.75, 3.05) is 13.2 Å². The lowest BCUT2D eigenvalue weighted by Gasteiger charge is -2.40. The quantitative estimate of drug-likeness (QED) is 0.0261. The van der Waals surface area contributed by atoms with E-state index < -0.39 is 49.5 Å². The molecule has 0 saturated carbocycles. The van der Waals surface area contributed by atoms with Crippen LogP contribution in [0.2, 0.25) is 0 Å². The molecule has 0 aromatic carbocycles. The molecule has 84 heavy (non-hydrogen) atoms. The predicted octanol–water partition coefficient (Wildman–Crippen LogP) is 19.0. The fourth-order valence-corrected chi connectivity index (χ4v) is 10.4. The summed E-state index contributed by atoms with van der Waals surface area (Å²) in [6, 6.07) is -0.818. The molecule has 482 valence electrons. The average molecular weight is 1170 g/mol. The highest BCUT2D eigenvalue weighted by Crippen LogP contribution is 2.23. The molecular formula is C75H129NO8. The molecule has 0 spiro atoms. The molecule has 0 aromatic rings. The lowest BCUT2D eigenvalue weighted by molar-refractivity contribution is -0.302. The molecule has 7 unspecified atom stereocenters. The number of aliphatic hydroxyl groups excluding tert-OH is 5. The van der Waals surface area contributed by atoms with E-state index in [2.05, 4.69) is 129 Å². The van der Waals surface area contributed by atoms with Gasteiger partial charge in [-0.15, -0.1) is 0 Å². The summed E-state index contributed by atoms with van der Waals surface area (Å²) in [6.07, 6.45) is 87.1. The molecule has 0 radical (unpaired) electrons. The van der Waals surface area contributed by atoms with Crippen molar-refractivity contribution >= 4 is 5.91 Å². The van der Waals surface area contributed by atoms with Crippen molar-refractivity contribution in [3.63, 3.8) is 0 Å². The molecule has 1 saturated heterocycles. The maximum absolute atomic E-state index is 13.1. The van der Waals surface area contributed by atoms with Crippen LogP contribution in [0.25, 0.3) is 0 Å². The van der Waals surface area contributed by atoms with Crippen molar-refractivity contribution in [2.45, 2.75) is 333 Å². The topological polar surface area (TPSA) is 149 Å². The fourth-order valence-electron chi connectivity index (χ4n) is 10.4. The third-order valence-corrected chi connectivity index (χ3v) is 15.8. The highest BCUT2D eigenvalue weighted by atomic mass is 16.7. The molecule has 1 aliphatic rings. The summed E-state index contributed by atoms with van der Waals surface area (Å²) in [5.74, 6) is -0.185. The number of amides is 1. The Morgan fingerprint density at radius 3 is 1.10 bits per heavy atom. The number of rotatable bonds is 59. The number of hydrogen-bond donors (Lipinski definition) is 6. The van der Waals surface area contributed by atoms with Gasteiger partial charge in [-0.2, -0.15) is 0 Å². The van der Waals surface area contributed by atoms with Crippen molar-refractivity contribution in [3.8, 4) is 0 Å². The summed E-state index contributed by atoms with van der Waals surface area (Å²) < 4.78 is 11.3. The van der Waals surface area contributed by atoms with Gasteiger partial charge in [0.15, 0.2) is 6.29 Å². The number of carbonyl (C=O) groups excluding carboxylic acids is 1. The lowest BCUT2D eigenvalue weighted by Crippen LogP contribution is -2.60. The van der Waals surface area contributed by atoms with E-state index in [1.54, 1.807) is 6.08 Å². The Morgan fingerprint density at radius 1 is 0.417 bits per heavy atom. The Kier molecular flexibility index (Phi) is 58.6. The van der Waals surface area contributed by atoms with Gasteiger partial charge in [0.25, 0.3) is 0 Å². The second-order valence-electron chi connectivity index (χ2n) is 23.6. The van der Waals surface area contributed by atoms with Gasteiger partial charge in [-0.1, -0.05) is 315 Å². The van der Waals surface area contributed by atoms with E-state index in [0.717, 1.165) is 109 Å². The van der Waals surface area contributed by atoms with E-state index in [9.17, 15) is 30.3 Å². The molecule has 1 amide bonds. The number of aliphatic hydroxyl groups is 5. The van der Waals surface area contributed by atoms with Crippen molar-refractivity contribution in [3.05, 3.63) is 122 Å². The van der Waals surface area contributed by atoms with E-state index in [1.165, 1.54) is 161 Å². The first-order chi connectivity index (χ1) is 41.3. The van der Waals surface area contributed by atoms with Crippen LogP contribution in [0.1, 0.15) is 290 Å². The Morgan fingerprint density at radius 2 is 0.738 bits per heavy atom. The first-order valence-corrected chi connectivity index (χ1v) is 34.8. The summed E-state index contributed by atoms with van der Waals surface area (Å²) in [7, 11) is 0. The van der Waals surface area contributed by atoms with Crippen LogP contribution in [0.15, 0.2) is 122 Å². The van der Waals surface area contributed by atoms with Gasteiger partial charge in [0.2, 0.25) is 5.91 Å². The van der Waals surface area contributed by atoms with Crippen molar-refractivity contribution in [1.82, 2.24) is 5.32 Å². The smallest absolute Gasteiger partial charge is 0.220 e. The highest BCUT2D eigenvalue weighted by Gasteiger charge is 2.44. The number of ether oxygens (including phenoxy) is 2. The summed E-state index contributed by atoms with van der Waals surface area (Å²) >= 11 is 0. The summed E-state index contributed by atoms with van der Waals surface area (Å²) in [5.41, 5.74) is 0. The van der Waals surface area contributed by atoms with Gasteiger partial charge in [-0.3, -0.25) is 4.79 Å². The van der Waals surface area contributed by atoms with Crippen LogP contribution < -0.4 is 5.32 Å². The first kappa shape index (κ1) is 78.6. The minimum absolute atomic E-state index is 0.185. The highest BCUT2D eigenvalue weighted by molar-refractivity contribution is 5.76. The maximum Gasteiger partial charge on any atom is 0.220 e. The zero-order valence-electron chi connectivity index (χ0n) is 53.9. The standard InChI is InChI=1S/C75H129NO8/c1-3-5-7-9-11-13-15-17-19-21-23-25-27-29-30-31-32-33-34-35-36-37-38-39-40-41-43-45-47-49-51-53-55-57-59-61-63-65-71(79)76-68(67-83-75-74(82)73(81)72(80)70(66-77)84-75)69(78)64-62-60-58-56-54-52-50-48-46-44-42-28-26-24-22-20-18-16-14-12-10-8-6-4-2/h5,7,11,13,17,19,23,25,29-30,32-33,35-36,38-39,41,43,62,64,68-70,72-75,77-78,80-82H,3-4,6,8-10,12,14-16,18,20-22,24,26-28,31,34,37,40,42,44-61,63,65-67H2,1-2H3,(H,76,79)/b7-5-,13-11-,19-17-,25-23-,30-29-,33-32-,36-35-,39-38-,43-41-,64-62+. The van der Waals surface area contributed by atoms with Crippen LogP contribution in [0.5, 0.6) is 0 Å². The number of allylic oxidation sites excluding steroid dienone is 19. The van der Waals surface area contributed by atoms with Gasteiger partial charge < -0.3 is 40.3 Å². The Bertz CT molecular complexity index is 1740. The molecule has 9 nitrogen and oxygen atoms in total. The van der Waals surface area contributed by atoms with Crippen LogP contribution in [0.3, 0.4) is 0 Å². The zero-order chi connectivity index (χ0) is 60.7. The van der Waals surface area contributed by atoms with Gasteiger partial charge in [0.1, 0.15) is 24.4 Å². The largest absolute Gasteiger partial charge is 0.394 e. The van der Waals surface area contributed by atoms with E-state index in [4.69, 9.17) is 9.47 Å². The minimum atomic E-state index is -1.58. The summed E-state index contributed by atoms with van der Waals surface area (Å²) in [5, 5.41) is 54.8. The van der Waals surface area contributed by atoms with Gasteiger partial charge in [-0.05, 0) is 89.9 Å². The number of hydrogen-bond acceptors (Lipinski definition) is 8. The Balaban J connectivity index is 2.17. The zero-order valence-corrected chi connectivity index (χ0v) is 53.9. The van der Waals surface area contributed by atoms with E-state index in [0.29, 0.717) is 6.42 Å². The van der Waals surface area contributed by atoms with Gasteiger partial charge in [0, 0.05) is 6.42 Å². The van der Waals surface area contributed by atoms with Crippen LogP contribution >= 0.6 is 0 Å². The van der Waals surface area contributed by atoms with Crippen molar-refractivity contribution in [1.29, 1.82) is 0 Å². The molecule has 9 heteroatoms. The molecule has 1 fully saturated rings. The molecule has 0 aromatic heterocycles. The molecule has 0 aliphatic carbocycles. The summed E-state index contributed by atoms with van der Waals surface area (Å²) in [4.78, 5) is 13.1. The molecule has 1 heterocycles. The van der Waals surface area contributed by atoms with Gasteiger partial charge in [0.05, 0.1) is 25.4 Å². The van der Waals surface area contributed by atoms with Gasteiger partial charge >= 0.3 is 0 Å². The SMILES string of the molecule is CC/C=C\C/C=C\C/C=C\C/C=C\C/C=C\C/C=C\C/C=C\C/C=C\C/C=C\CCCCCCCCCCCC(=O)NC(COC1OC(CO)C(O)C(O)C1O)C(O)/C=C/CCCCCCCCCCCCCCCCCCCCCCCC. The van der Waals surface area contributed by atoms with Gasteiger partial charge in [-0.25, -0.2) is 0 Å².